The van der Waals surface area contributed by atoms with E-state index in [1.165, 1.54) is 5.57 Å². The number of Topliss-reactive ketones (excluding diaryl/α,β-unsaturated/α-hetero) is 1. The molecular weight excluding hydrogens is 300 g/mol. The number of aliphatic hydroxyl groups excluding tert-OH is 1. The molecule has 3 fully saturated rings. The minimum atomic E-state index is -2.76. The van der Waals surface area contributed by atoms with Crippen LogP contribution < -0.4 is 0 Å². The van der Waals surface area contributed by atoms with Gasteiger partial charge in [-0.05, 0) is 81.4 Å². The van der Waals surface area contributed by atoms with E-state index < -0.39 is 23.7 Å². The Bertz CT molecular complexity index is 687. The number of hydrogen-bond donors (Lipinski definition) is 2. The van der Waals surface area contributed by atoms with E-state index in [0.29, 0.717) is 18.3 Å². The number of fused-ring (bicyclic) bond motifs is 5. The third-order valence-corrected chi connectivity index (χ3v) is 8.61. The Labute approximate surface area is 149 Å². The van der Waals surface area contributed by atoms with Crippen molar-refractivity contribution in [3.8, 4) is 0 Å². The Kier molecular flexibility index (Phi) is 2.91. The predicted molar refractivity (Wildman–Crippen MR) is 93.3 cm³/mol. The van der Waals surface area contributed by atoms with Crippen LogP contribution in [0.3, 0.4) is 0 Å². The Morgan fingerprint density at radius 1 is 1.21 bits per heavy atom. The maximum atomic E-state index is 12.7. The molecule has 3 heteroatoms. The second kappa shape index (κ2) is 5.17. The highest BCUT2D eigenvalue weighted by Crippen LogP contribution is 2.67. The molecule has 3 saturated carbocycles. The van der Waals surface area contributed by atoms with Gasteiger partial charge < -0.3 is 10.2 Å². The van der Waals surface area contributed by atoms with Gasteiger partial charge in [0.05, 0.1) is 6.10 Å². The van der Waals surface area contributed by atoms with Crippen LogP contribution in [-0.4, -0.2) is 27.7 Å². The lowest BCUT2D eigenvalue weighted by atomic mass is 9.47. The van der Waals surface area contributed by atoms with Gasteiger partial charge in [0.15, 0.2) is 5.78 Å². The summed E-state index contributed by atoms with van der Waals surface area (Å²) in [4.78, 5) is 12.7. The van der Waals surface area contributed by atoms with Crippen molar-refractivity contribution in [2.45, 2.75) is 83.8 Å². The molecule has 24 heavy (non-hydrogen) atoms. The van der Waals surface area contributed by atoms with Crippen LogP contribution in [0, 0.1) is 28.6 Å². The standard InChI is InChI=1S/C21H32O3/c1-13(22)21(24)11-8-18-16-5-4-14-12-15(23)6-9-19(14,2)17(16)7-10-20(18,21)3/h4,15-18,23-24H,5-12H2,1-3H3/t15-,16+,17+,18+,19-,20-,21-/m0/s1/i1D3. The van der Waals surface area contributed by atoms with E-state index in [0.717, 1.165) is 38.5 Å². The molecule has 0 amide bonds. The van der Waals surface area contributed by atoms with E-state index in [-0.39, 0.29) is 23.9 Å². The Morgan fingerprint density at radius 2 is 1.96 bits per heavy atom. The normalized spacial score (nSPS) is 56.0. The maximum absolute atomic E-state index is 12.7. The van der Waals surface area contributed by atoms with Crippen molar-refractivity contribution >= 4 is 5.78 Å². The van der Waals surface area contributed by atoms with E-state index in [1.807, 2.05) is 6.92 Å². The Hall–Kier alpha value is -0.670. The van der Waals surface area contributed by atoms with Gasteiger partial charge in [-0.1, -0.05) is 25.5 Å². The summed E-state index contributed by atoms with van der Waals surface area (Å²) in [6.45, 7) is 1.53. The average Bonchev–Trinajstić information content (AvgIpc) is 2.86. The average molecular weight is 336 g/mol. The molecule has 2 N–H and O–H groups in total. The summed E-state index contributed by atoms with van der Waals surface area (Å²) < 4.78 is 22.7. The summed E-state index contributed by atoms with van der Waals surface area (Å²) in [5, 5.41) is 21.4. The SMILES string of the molecule is [2H]C([2H])([2H])C(=O)[C@@]1(O)CC[C@@H]2[C@@H]3CC=C4C[C@@H](O)CC[C@]4(C)[C@@H]3CC[C@@]21C. The van der Waals surface area contributed by atoms with Crippen molar-refractivity contribution < 1.29 is 19.1 Å². The molecule has 0 unspecified atom stereocenters. The van der Waals surface area contributed by atoms with E-state index in [4.69, 9.17) is 4.11 Å². The summed E-state index contributed by atoms with van der Waals surface area (Å²) >= 11 is 0. The number of carbonyl (C=O) groups is 1. The molecule has 3 nitrogen and oxygen atoms in total. The highest BCUT2D eigenvalue weighted by Gasteiger charge is 2.65. The van der Waals surface area contributed by atoms with Gasteiger partial charge in [0.1, 0.15) is 5.60 Å². The predicted octanol–water partition coefficient (Wildman–Crippen LogP) is 3.63. The molecule has 0 radical (unpaired) electrons. The number of hydrogen-bond acceptors (Lipinski definition) is 3. The molecule has 134 valence electrons. The monoisotopic (exact) mass is 335 g/mol. The number of rotatable bonds is 1. The molecule has 0 heterocycles. The molecule has 0 aromatic carbocycles. The first-order valence-electron chi connectivity index (χ1n) is 11.1. The van der Waals surface area contributed by atoms with Gasteiger partial charge in [-0.15, -0.1) is 0 Å². The summed E-state index contributed by atoms with van der Waals surface area (Å²) in [5.41, 5.74) is -0.909. The summed E-state index contributed by atoms with van der Waals surface area (Å²) in [6.07, 6.45) is 8.17. The number of carbonyl (C=O) groups excluding carboxylic acids is 1. The lowest BCUT2D eigenvalue weighted by Gasteiger charge is -2.58. The minimum Gasteiger partial charge on any atom is -0.393 e. The van der Waals surface area contributed by atoms with Crippen molar-refractivity contribution in [3.63, 3.8) is 0 Å². The van der Waals surface area contributed by atoms with E-state index >= 15 is 0 Å². The molecule has 0 aromatic heterocycles. The fourth-order valence-corrected chi connectivity index (χ4v) is 7.03. The highest BCUT2D eigenvalue weighted by atomic mass is 16.3. The van der Waals surface area contributed by atoms with Crippen LogP contribution in [0.15, 0.2) is 11.6 Å². The Balaban J connectivity index is 1.68. The fourth-order valence-electron chi connectivity index (χ4n) is 7.03. The van der Waals surface area contributed by atoms with Crippen molar-refractivity contribution in [1.29, 1.82) is 0 Å². The van der Waals surface area contributed by atoms with Crippen LogP contribution >= 0.6 is 0 Å². The van der Waals surface area contributed by atoms with Gasteiger partial charge in [0.2, 0.25) is 0 Å². The molecule has 0 aliphatic heterocycles. The number of ketones is 1. The first-order chi connectivity index (χ1) is 12.4. The third kappa shape index (κ3) is 1.94. The van der Waals surface area contributed by atoms with Crippen LogP contribution in [0.2, 0.25) is 0 Å². The molecule has 0 bridgehead atoms. The van der Waals surface area contributed by atoms with Gasteiger partial charge >= 0.3 is 0 Å². The number of aliphatic hydroxyl groups is 2. The van der Waals surface area contributed by atoms with Crippen molar-refractivity contribution in [2.75, 3.05) is 0 Å². The summed E-state index contributed by atoms with van der Waals surface area (Å²) in [7, 11) is 0. The smallest absolute Gasteiger partial charge is 0.161 e. The first kappa shape index (κ1) is 13.5. The Morgan fingerprint density at radius 3 is 2.71 bits per heavy atom. The van der Waals surface area contributed by atoms with Crippen molar-refractivity contribution in [2.24, 2.45) is 28.6 Å². The minimum absolute atomic E-state index is 0.0955. The van der Waals surface area contributed by atoms with Crippen LogP contribution in [-0.2, 0) is 4.79 Å². The number of allylic oxidation sites excluding steroid dienone is 1. The molecule has 7 atom stereocenters. The highest BCUT2D eigenvalue weighted by molar-refractivity contribution is 5.86. The van der Waals surface area contributed by atoms with E-state index in [2.05, 4.69) is 13.0 Å². The van der Waals surface area contributed by atoms with Gasteiger partial charge in [0, 0.05) is 9.53 Å². The molecule has 4 aliphatic rings. The molecule has 0 aromatic rings. The van der Waals surface area contributed by atoms with Gasteiger partial charge in [-0.2, -0.15) is 0 Å². The van der Waals surface area contributed by atoms with Gasteiger partial charge in [0.25, 0.3) is 0 Å². The summed E-state index contributed by atoms with van der Waals surface area (Å²) in [6, 6.07) is 0. The topological polar surface area (TPSA) is 57.5 Å². The fraction of sp³-hybridized carbons (Fsp3) is 0.857. The van der Waals surface area contributed by atoms with Crippen LogP contribution in [0.1, 0.15) is 76.2 Å². The lowest BCUT2D eigenvalue weighted by Crippen LogP contribution is -2.56. The van der Waals surface area contributed by atoms with Crippen LogP contribution in [0.25, 0.3) is 0 Å². The second-order valence-electron chi connectivity index (χ2n) is 9.34. The lowest BCUT2D eigenvalue weighted by molar-refractivity contribution is -0.159. The third-order valence-electron chi connectivity index (χ3n) is 8.61. The molecule has 4 aliphatic carbocycles. The van der Waals surface area contributed by atoms with E-state index in [9.17, 15) is 15.0 Å². The first-order valence-corrected chi connectivity index (χ1v) is 9.58. The summed E-state index contributed by atoms with van der Waals surface area (Å²) in [5.74, 6) is 0.0889. The molecule has 0 saturated heterocycles. The van der Waals surface area contributed by atoms with Gasteiger partial charge in [-0.3, -0.25) is 4.79 Å². The zero-order valence-corrected chi connectivity index (χ0v) is 14.8. The second-order valence-corrected chi connectivity index (χ2v) is 9.34. The molecule has 0 spiro atoms. The largest absolute Gasteiger partial charge is 0.393 e. The molecule has 4 rings (SSSR count). The van der Waals surface area contributed by atoms with Crippen LogP contribution in [0.4, 0.5) is 0 Å². The quantitative estimate of drug-likeness (QED) is 0.720. The van der Waals surface area contributed by atoms with Crippen molar-refractivity contribution in [3.05, 3.63) is 11.6 Å². The van der Waals surface area contributed by atoms with Crippen molar-refractivity contribution in [1.82, 2.24) is 0 Å². The zero-order valence-electron chi connectivity index (χ0n) is 17.8. The van der Waals surface area contributed by atoms with Crippen LogP contribution in [0.5, 0.6) is 0 Å². The maximum Gasteiger partial charge on any atom is 0.161 e. The molecular formula is C21H32O3. The zero-order chi connectivity index (χ0) is 19.8. The van der Waals surface area contributed by atoms with E-state index in [1.54, 1.807) is 0 Å². The van der Waals surface area contributed by atoms with Gasteiger partial charge in [-0.25, -0.2) is 0 Å².